The molecule has 200 valence electrons. The first-order valence-corrected chi connectivity index (χ1v) is 13.8. The molecule has 0 atom stereocenters. The van der Waals surface area contributed by atoms with Crippen molar-refractivity contribution in [3.05, 3.63) is 44.6 Å². The molecule has 1 amide bonds. The SMILES string of the molecule is CCCCn1c(N)c(N(CCOC)C(=O)c2ccc3c(c2)S(=O)(=O)N=C2CCCCCN23)c(=O)[nH]c1=O. The van der Waals surface area contributed by atoms with Crippen molar-refractivity contribution < 1.29 is 17.9 Å². The number of unbranched alkanes of at least 4 members (excludes halogenated alkanes) is 1. The molecule has 0 spiro atoms. The van der Waals surface area contributed by atoms with Gasteiger partial charge in [-0.3, -0.25) is 24.0 Å². The van der Waals surface area contributed by atoms with Crippen LogP contribution in [0, 0.1) is 0 Å². The Bertz CT molecular complexity index is 1440. The Hall–Kier alpha value is -3.45. The molecule has 4 rings (SSSR count). The third-order valence-corrected chi connectivity index (χ3v) is 7.91. The fourth-order valence-corrected chi connectivity index (χ4v) is 5.93. The topological polar surface area (TPSA) is 160 Å². The number of benzene rings is 1. The largest absolute Gasteiger partial charge is 0.383 e. The van der Waals surface area contributed by atoms with Crippen LogP contribution >= 0.6 is 0 Å². The summed E-state index contributed by atoms with van der Waals surface area (Å²) in [4.78, 5) is 44.2. The Balaban J connectivity index is 1.80. The number of methoxy groups -OCH3 is 1. The van der Waals surface area contributed by atoms with E-state index in [0.29, 0.717) is 30.9 Å². The van der Waals surface area contributed by atoms with Crippen molar-refractivity contribution in [3.63, 3.8) is 0 Å². The maximum atomic E-state index is 13.7. The van der Waals surface area contributed by atoms with Crippen LogP contribution in [-0.2, 0) is 21.3 Å². The van der Waals surface area contributed by atoms with Crippen LogP contribution in [0.25, 0.3) is 0 Å². The van der Waals surface area contributed by atoms with Crippen molar-refractivity contribution in [2.24, 2.45) is 4.40 Å². The maximum Gasteiger partial charge on any atom is 0.330 e. The lowest BCUT2D eigenvalue weighted by Gasteiger charge is -2.30. The van der Waals surface area contributed by atoms with Crippen molar-refractivity contribution in [2.75, 3.05) is 42.3 Å². The van der Waals surface area contributed by atoms with Crippen LogP contribution in [0.4, 0.5) is 17.2 Å². The zero-order valence-corrected chi connectivity index (χ0v) is 21.8. The highest BCUT2D eigenvalue weighted by Crippen LogP contribution is 2.35. The van der Waals surface area contributed by atoms with Gasteiger partial charge in [0, 0.05) is 38.7 Å². The van der Waals surface area contributed by atoms with Gasteiger partial charge in [0.1, 0.15) is 16.5 Å². The number of fused-ring (bicyclic) bond motifs is 3. The average molecular weight is 533 g/mol. The number of sulfonamides is 1. The molecule has 0 unspecified atom stereocenters. The van der Waals surface area contributed by atoms with Crippen LogP contribution < -0.4 is 26.8 Å². The second-order valence-electron chi connectivity index (χ2n) is 9.08. The lowest BCUT2D eigenvalue weighted by Crippen LogP contribution is -2.42. The molecule has 2 aliphatic rings. The predicted molar refractivity (Wildman–Crippen MR) is 141 cm³/mol. The molecule has 13 heteroatoms. The van der Waals surface area contributed by atoms with Gasteiger partial charge in [-0.15, -0.1) is 4.40 Å². The lowest BCUT2D eigenvalue weighted by atomic mass is 10.1. The number of hydrogen-bond donors (Lipinski definition) is 2. The molecule has 2 aromatic rings. The number of nitrogens with two attached hydrogens (primary N) is 1. The molecular formula is C24H32N6O6S. The van der Waals surface area contributed by atoms with Gasteiger partial charge < -0.3 is 15.4 Å². The Morgan fingerprint density at radius 3 is 2.76 bits per heavy atom. The van der Waals surface area contributed by atoms with Crippen molar-refractivity contribution in [1.82, 2.24) is 9.55 Å². The number of rotatable bonds is 8. The number of hydrogen-bond acceptors (Lipinski definition) is 8. The minimum Gasteiger partial charge on any atom is -0.383 e. The summed E-state index contributed by atoms with van der Waals surface area (Å²) in [5, 5.41) is 0. The summed E-state index contributed by atoms with van der Waals surface area (Å²) < 4.78 is 36.5. The van der Waals surface area contributed by atoms with Crippen LogP contribution in [0.5, 0.6) is 0 Å². The van der Waals surface area contributed by atoms with Gasteiger partial charge in [0.15, 0.2) is 5.69 Å². The van der Waals surface area contributed by atoms with Crippen LogP contribution in [-0.4, -0.2) is 56.5 Å². The number of aromatic amines is 1. The normalized spacial score (nSPS) is 16.4. The van der Waals surface area contributed by atoms with E-state index in [1.54, 1.807) is 6.07 Å². The molecule has 1 aromatic carbocycles. The molecule has 3 heterocycles. The van der Waals surface area contributed by atoms with Crippen molar-refractivity contribution >= 4 is 39.0 Å². The Kier molecular flexibility index (Phi) is 7.83. The average Bonchev–Trinajstić information content (AvgIpc) is 3.10. The number of ether oxygens (including phenoxy) is 1. The van der Waals surface area contributed by atoms with E-state index < -0.39 is 27.2 Å². The first-order valence-electron chi connectivity index (χ1n) is 12.4. The number of aromatic nitrogens is 2. The number of carbonyl (C=O) groups is 1. The van der Waals surface area contributed by atoms with Gasteiger partial charge in [0.2, 0.25) is 0 Å². The number of anilines is 3. The van der Waals surface area contributed by atoms with Crippen molar-refractivity contribution in [1.29, 1.82) is 0 Å². The number of amides is 1. The Morgan fingerprint density at radius 2 is 2.03 bits per heavy atom. The van der Waals surface area contributed by atoms with E-state index in [1.807, 2.05) is 11.8 Å². The van der Waals surface area contributed by atoms with Crippen LogP contribution in [0.1, 0.15) is 55.8 Å². The highest BCUT2D eigenvalue weighted by molar-refractivity contribution is 7.90. The van der Waals surface area contributed by atoms with Gasteiger partial charge >= 0.3 is 5.69 Å². The van der Waals surface area contributed by atoms with E-state index >= 15 is 0 Å². The molecule has 0 bridgehead atoms. The number of nitrogens with zero attached hydrogens (tertiary/aromatic N) is 4. The number of nitrogens with one attached hydrogen (secondary N) is 1. The van der Waals surface area contributed by atoms with Gasteiger partial charge in [-0.05, 0) is 37.5 Å². The van der Waals surface area contributed by atoms with E-state index in [0.717, 1.165) is 30.6 Å². The molecule has 12 nitrogen and oxygen atoms in total. The monoisotopic (exact) mass is 532 g/mol. The number of carbonyl (C=O) groups excluding carboxylic acids is 1. The molecule has 1 saturated heterocycles. The summed E-state index contributed by atoms with van der Waals surface area (Å²) in [6, 6.07) is 4.42. The molecule has 3 N–H and O–H groups in total. The standard InChI is InChI=1S/C24H32N6O6S/c1-3-4-11-30-21(25)20(22(31)26-24(30)33)29(13-14-36-2)23(32)16-9-10-17-18(15-16)37(34,35)27-19-8-6-5-7-12-28(17)19/h9-10,15H,3-8,11-14,25H2,1-2H3,(H,26,31,33). The second kappa shape index (κ2) is 10.9. The maximum absolute atomic E-state index is 13.7. The molecular weight excluding hydrogens is 500 g/mol. The summed E-state index contributed by atoms with van der Waals surface area (Å²) in [6.07, 6.45) is 4.74. The summed E-state index contributed by atoms with van der Waals surface area (Å²) in [7, 11) is -2.57. The fraction of sp³-hybridized carbons (Fsp3) is 0.500. The van der Waals surface area contributed by atoms with Crippen LogP contribution in [0.2, 0.25) is 0 Å². The van der Waals surface area contributed by atoms with E-state index in [2.05, 4.69) is 9.38 Å². The molecule has 2 aliphatic heterocycles. The number of amidine groups is 1. The van der Waals surface area contributed by atoms with Crippen LogP contribution in [0.3, 0.4) is 0 Å². The highest BCUT2D eigenvalue weighted by Gasteiger charge is 2.33. The van der Waals surface area contributed by atoms with E-state index in [-0.39, 0.29) is 41.7 Å². The fourth-order valence-electron chi connectivity index (χ4n) is 4.64. The van der Waals surface area contributed by atoms with E-state index in [9.17, 15) is 22.8 Å². The first-order chi connectivity index (χ1) is 17.7. The van der Waals surface area contributed by atoms with Gasteiger partial charge in [0.25, 0.3) is 21.5 Å². The molecule has 0 radical (unpaired) electrons. The first kappa shape index (κ1) is 26.6. The second-order valence-corrected chi connectivity index (χ2v) is 10.6. The van der Waals surface area contributed by atoms with Gasteiger partial charge in [-0.2, -0.15) is 8.42 Å². The van der Waals surface area contributed by atoms with E-state index in [4.69, 9.17) is 10.5 Å². The zero-order valence-electron chi connectivity index (χ0n) is 21.0. The van der Waals surface area contributed by atoms with E-state index in [1.165, 1.54) is 23.8 Å². The zero-order chi connectivity index (χ0) is 26.7. The number of H-pyrrole nitrogens is 1. The molecule has 0 aliphatic carbocycles. The van der Waals surface area contributed by atoms with Gasteiger partial charge in [0.05, 0.1) is 12.3 Å². The molecule has 0 saturated carbocycles. The predicted octanol–water partition coefficient (Wildman–Crippen LogP) is 1.69. The summed E-state index contributed by atoms with van der Waals surface area (Å²) in [6.45, 7) is 2.88. The lowest BCUT2D eigenvalue weighted by molar-refractivity contribution is 0.0975. The number of nitrogen functional groups attached to an aromatic ring is 1. The van der Waals surface area contributed by atoms with Crippen LogP contribution in [0.15, 0.2) is 37.1 Å². The minimum atomic E-state index is -4.02. The summed E-state index contributed by atoms with van der Waals surface area (Å²) in [5.41, 5.74) is 5.10. The third-order valence-electron chi connectivity index (χ3n) is 6.58. The molecule has 1 aromatic heterocycles. The minimum absolute atomic E-state index is 0.0389. The summed E-state index contributed by atoms with van der Waals surface area (Å²) >= 11 is 0. The molecule has 1 fully saturated rings. The Morgan fingerprint density at radius 1 is 1.24 bits per heavy atom. The third kappa shape index (κ3) is 5.18. The van der Waals surface area contributed by atoms with Gasteiger partial charge in [-0.25, -0.2) is 4.79 Å². The van der Waals surface area contributed by atoms with Crippen molar-refractivity contribution in [2.45, 2.75) is 56.9 Å². The van der Waals surface area contributed by atoms with Crippen molar-refractivity contribution in [3.8, 4) is 0 Å². The quantitative estimate of drug-likeness (QED) is 0.519. The Labute approximate surface area is 214 Å². The van der Waals surface area contributed by atoms with Gasteiger partial charge in [-0.1, -0.05) is 19.8 Å². The molecule has 37 heavy (non-hydrogen) atoms. The smallest absolute Gasteiger partial charge is 0.330 e. The summed E-state index contributed by atoms with van der Waals surface area (Å²) in [5.74, 6) is -0.283. The highest BCUT2D eigenvalue weighted by atomic mass is 32.2.